The SMILES string of the molecule is COc1cc(NC(=O)[C@@H](C)Sc2nnc3c(=O)n(-c4ccccc4)ccn23)cc(OC)c1. The number of nitrogens with one attached hydrogen (secondary N) is 1. The Balaban J connectivity index is 1.54. The van der Waals surface area contributed by atoms with Crippen LogP contribution in [0.2, 0.25) is 0 Å². The van der Waals surface area contributed by atoms with Crippen LogP contribution in [0.1, 0.15) is 6.92 Å². The summed E-state index contributed by atoms with van der Waals surface area (Å²) in [5.74, 6) is 0.899. The lowest BCUT2D eigenvalue weighted by Crippen LogP contribution is -2.23. The first-order valence-corrected chi connectivity index (χ1v) is 10.6. The van der Waals surface area contributed by atoms with Gasteiger partial charge in [-0.15, -0.1) is 10.2 Å². The molecule has 0 spiro atoms. The average molecular weight is 452 g/mol. The Kier molecular flexibility index (Phi) is 6.13. The van der Waals surface area contributed by atoms with Gasteiger partial charge in [0, 0.05) is 42.0 Å². The van der Waals surface area contributed by atoms with Gasteiger partial charge in [0.15, 0.2) is 5.16 Å². The molecule has 2 aromatic heterocycles. The van der Waals surface area contributed by atoms with Crippen molar-refractivity contribution in [2.24, 2.45) is 0 Å². The van der Waals surface area contributed by atoms with Gasteiger partial charge in [-0.3, -0.25) is 18.6 Å². The summed E-state index contributed by atoms with van der Waals surface area (Å²) >= 11 is 1.20. The highest BCUT2D eigenvalue weighted by Crippen LogP contribution is 2.27. The predicted molar refractivity (Wildman–Crippen MR) is 122 cm³/mol. The number of methoxy groups -OCH3 is 2. The summed E-state index contributed by atoms with van der Waals surface area (Å²) in [7, 11) is 3.09. The first-order valence-electron chi connectivity index (χ1n) is 9.72. The number of anilines is 1. The maximum absolute atomic E-state index is 12.9. The smallest absolute Gasteiger partial charge is 0.300 e. The summed E-state index contributed by atoms with van der Waals surface area (Å²) in [6.07, 6.45) is 3.37. The molecule has 0 fully saturated rings. The Hall–Kier alpha value is -3.79. The van der Waals surface area contributed by atoms with Crippen LogP contribution >= 0.6 is 11.8 Å². The maximum atomic E-state index is 12.9. The molecule has 0 aliphatic carbocycles. The number of carbonyl (C=O) groups is 1. The Labute approximate surface area is 188 Å². The van der Waals surface area contributed by atoms with E-state index in [1.165, 1.54) is 16.3 Å². The van der Waals surface area contributed by atoms with Gasteiger partial charge >= 0.3 is 5.56 Å². The monoisotopic (exact) mass is 451 g/mol. The number of rotatable bonds is 7. The second-order valence-corrected chi connectivity index (χ2v) is 8.14. The Morgan fingerprint density at radius 1 is 1.03 bits per heavy atom. The summed E-state index contributed by atoms with van der Waals surface area (Å²) in [6, 6.07) is 14.4. The molecule has 1 atom stereocenters. The zero-order valence-electron chi connectivity index (χ0n) is 17.7. The molecule has 0 saturated carbocycles. The highest BCUT2D eigenvalue weighted by Gasteiger charge is 2.20. The van der Waals surface area contributed by atoms with Crippen molar-refractivity contribution in [2.45, 2.75) is 17.3 Å². The molecule has 1 N–H and O–H groups in total. The van der Waals surface area contributed by atoms with E-state index in [2.05, 4.69) is 15.5 Å². The largest absolute Gasteiger partial charge is 0.497 e. The van der Waals surface area contributed by atoms with Crippen LogP contribution in [-0.4, -0.2) is 44.5 Å². The quantitative estimate of drug-likeness (QED) is 0.431. The van der Waals surface area contributed by atoms with Crippen molar-refractivity contribution in [3.63, 3.8) is 0 Å². The van der Waals surface area contributed by atoms with Gasteiger partial charge in [0.05, 0.1) is 19.5 Å². The first-order chi connectivity index (χ1) is 15.5. The minimum Gasteiger partial charge on any atom is -0.497 e. The fourth-order valence-corrected chi connectivity index (χ4v) is 3.90. The van der Waals surface area contributed by atoms with Crippen molar-refractivity contribution in [1.82, 2.24) is 19.2 Å². The molecule has 4 aromatic rings. The zero-order valence-corrected chi connectivity index (χ0v) is 18.5. The fourth-order valence-electron chi connectivity index (χ4n) is 3.07. The van der Waals surface area contributed by atoms with Crippen LogP contribution in [-0.2, 0) is 4.79 Å². The molecule has 10 heteroatoms. The first kappa shape index (κ1) is 21.4. The molecule has 1 amide bonds. The van der Waals surface area contributed by atoms with Gasteiger partial charge in [0.1, 0.15) is 11.5 Å². The highest BCUT2D eigenvalue weighted by molar-refractivity contribution is 8.00. The summed E-state index contributed by atoms with van der Waals surface area (Å²) in [5, 5.41) is 11.0. The van der Waals surface area contributed by atoms with Crippen molar-refractivity contribution in [3.05, 3.63) is 71.3 Å². The lowest BCUT2D eigenvalue weighted by atomic mass is 10.2. The molecule has 4 rings (SSSR count). The number of benzene rings is 2. The van der Waals surface area contributed by atoms with Crippen LogP contribution < -0.4 is 20.3 Å². The summed E-state index contributed by atoms with van der Waals surface area (Å²) < 4.78 is 13.6. The highest BCUT2D eigenvalue weighted by atomic mass is 32.2. The molecule has 164 valence electrons. The number of nitrogens with zero attached hydrogens (tertiary/aromatic N) is 4. The molecule has 0 saturated heterocycles. The van der Waals surface area contributed by atoms with Crippen molar-refractivity contribution in [1.29, 1.82) is 0 Å². The molecule has 0 bridgehead atoms. The second-order valence-electron chi connectivity index (χ2n) is 6.84. The molecule has 0 aliphatic rings. The van der Waals surface area contributed by atoms with E-state index in [0.717, 1.165) is 5.69 Å². The number of carbonyl (C=O) groups excluding carboxylic acids is 1. The topological polar surface area (TPSA) is 99.8 Å². The van der Waals surface area contributed by atoms with Gasteiger partial charge < -0.3 is 14.8 Å². The van der Waals surface area contributed by atoms with Crippen LogP contribution in [0, 0.1) is 0 Å². The lowest BCUT2D eigenvalue weighted by molar-refractivity contribution is -0.115. The summed E-state index contributed by atoms with van der Waals surface area (Å²) in [4.78, 5) is 25.6. The molecule has 0 radical (unpaired) electrons. The van der Waals surface area contributed by atoms with Gasteiger partial charge in [0.2, 0.25) is 11.6 Å². The van der Waals surface area contributed by atoms with E-state index in [0.29, 0.717) is 22.3 Å². The van der Waals surface area contributed by atoms with Crippen molar-refractivity contribution in [2.75, 3.05) is 19.5 Å². The fraction of sp³-hybridized carbons (Fsp3) is 0.182. The van der Waals surface area contributed by atoms with Crippen LogP contribution in [0.5, 0.6) is 11.5 Å². The van der Waals surface area contributed by atoms with E-state index in [9.17, 15) is 9.59 Å². The summed E-state index contributed by atoms with van der Waals surface area (Å²) in [6.45, 7) is 1.75. The number of amides is 1. The van der Waals surface area contributed by atoms with E-state index in [1.807, 2.05) is 30.3 Å². The van der Waals surface area contributed by atoms with Gasteiger partial charge in [-0.05, 0) is 19.1 Å². The Morgan fingerprint density at radius 3 is 2.38 bits per heavy atom. The number of hydrogen-bond donors (Lipinski definition) is 1. The molecule has 2 aromatic carbocycles. The van der Waals surface area contributed by atoms with E-state index >= 15 is 0 Å². The minimum absolute atomic E-state index is 0.184. The van der Waals surface area contributed by atoms with Gasteiger partial charge in [-0.2, -0.15) is 0 Å². The van der Waals surface area contributed by atoms with Crippen molar-refractivity contribution < 1.29 is 14.3 Å². The van der Waals surface area contributed by atoms with Gasteiger partial charge in [0.25, 0.3) is 0 Å². The number of para-hydroxylation sites is 1. The maximum Gasteiger partial charge on any atom is 0.300 e. The number of aromatic nitrogens is 4. The zero-order chi connectivity index (χ0) is 22.7. The van der Waals surface area contributed by atoms with Crippen LogP contribution in [0.3, 0.4) is 0 Å². The molecule has 0 unspecified atom stereocenters. The van der Waals surface area contributed by atoms with E-state index in [1.54, 1.807) is 56.1 Å². The molecule has 32 heavy (non-hydrogen) atoms. The third-order valence-electron chi connectivity index (χ3n) is 4.74. The predicted octanol–water partition coefficient (Wildman–Crippen LogP) is 3.02. The number of fused-ring (bicyclic) bond motifs is 1. The van der Waals surface area contributed by atoms with Crippen LogP contribution in [0.25, 0.3) is 11.3 Å². The molecule has 2 heterocycles. The molecular formula is C22H21N5O4S. The van der Waals surface area contributed by atoms with Gasteiger partial charge in [-0.25, -0.2) is 0 Å². The van der Waals surface area contributed by atoms with E-state index in [-0.39, 0.29) is 17.1 Å². The third kappa shape index (κ3) is 4.30. The Morgan fingerprint density at radius 2 is 1.72 bits per heavy atom. The van der Waals surface area contributed by atoms with Gasteiger partial charge in [-0.1, -0.05) is 30.0 Å². The lowest BCUT2D eigenvalue weighted by Gasteiger charge is -2.13. The normalized spacial score (nSPS) is 11.8. The van der Waals surface area contributed by atoms with Crippen molar-refractivity contribution >= 4 is 29.0 Å². The number of ether oxygens (including phenoxy) is 2. The average Bonchev–Trinajstić information content (AvgIpc) is 3.23. The van der Waals surface area contributed by atoms with Crippen LogP contribution in [0.15, 0.2) is 70.9 Å². The van der Waals surface area contributed by atoms with Crippen LogP contribution in [0.4, 0.5) is 5.69 Å². The number of hydrogen-bond acceptors (Lipinski definition) is 7. The Bertz CT molecular complexity index is 1300. The minimum atomic E-state index is -0.504. The molecular weight excluding hydrogens is 430 g/mol. The van der Waals surface area contributed by atoms with Crippen molar-refractivity contribution in [3.8, 4) is 17.2 Å². The third-order valence-corrected chi connectivity index (χ3v) is 5.80. The number of thioether (sulfide) groups is 1. The molecule has 0 aliphatic heterocycles. The summed E-state index contributed by atoms with van der Waals surface area (Å²) in [5.41, 5.74) is 1.18. The second kappa shape index (κ2) is 9.15. The van der Waals surface area contributed by atoms with E-state index < -0.39 is 5.25 Å². The molecule has 9 nitrogen and oxygen atoms in total. The van der Waals surface area contributed by atoms with E-state index in [4.69, 9.17) is 9.47 Å². The standard InChI is InChI=1S/C22H21N5O4S/c1-14(20(28)23-15-11-17(30-2)13-18(12-15)31-3)32-22-25-24-19-21(29)26(9-10-27(19)22)16-7-5-4-6-8-16/h4-14H,1-3H3,(H,23,28)/t14-/m1/s1.